The van der Waals surface area contributed by atoms with Gasteiger partial charge in [0, 0.05) is 19.1 Å². The number of hydrogen-bond acceptors (Lipinski definition) is 3. The zero-order chi connectivity index (χ0) is 12.0. The zero-order valence-electron chi connectivity index (χ0n) is 10.4. The van der Waals surface area contributed by atoms with Gasteiger partial charge in [0.2, 0.25) is 5.91 Å². The van der Waals surface area contributed by atoms with Crippen molar-refractivity contribution in [1.82, 2.24) is 4.90 Å². The monoisotopic (exact) mass is 262 g/mol. The molecule has 0 saturated carbocycles. The van der Waals surface area contributed by atoms with Gasteiger partial charge in [0.1, 0.15) is 6.61 Å². The van der Waals surface area contributed by atoms with Crippen LogP contribution in [0.25, 0.3) is 0 Å². The molecule has 2 atom stereocenters. The molecular formula is C12H23ClN2O2. The molecule has 2 unspecified atom stereocenters. The average molecular weight is 263 g/mol. The lowest BCUT2D eigenvalue weighted by atomic mass is 9.92. The van der Waals surface area contributed by atoms with E-state index in [0.717, 1.165) is 19.4 Å². The standard InChI is InChI=1S/C12H22N2O2.ClH/c1-3-6-16-9-12(15)14-5-4-10(2)7-11(14)8-13;/h3,10-11H,1,4-9,13H2,2H3;1H. The summed E-state index contributed by atoms with van der Waals surface area (Å²) in [5, 5.41) is 0. The van der Waals surface area contributed by atoms with E-state index < -0.39 is 0 Å². The number of rotatable bonds is 5. The van der Waals surface area contributed by atoms with Crippen molar-refractivity contribution < 1.29 is 9.53 Å². The number of ether oxygens (including phenoxy) is 1. The van der Waals surface area contributed by atoms with Gasteiger partial charge in [-0.15, -0.1) is 19.0 Å². The molecule has 1 rings (SSSR count). The van der Waals surface area contributed by atoms with Gasteiger partial charge in [-0.3, -0.25) is 4.79 Å². The average Bonchev–Trinajstić information content (AvgIpc) is 2.29. The Bertz CT molecular complexity index is 249. The van der Waals surface area contributed by atoms with E-state index in [0.29, 0.717) is 19.1 Å². The number of piperidine rings is 1. The van der Waals surface area contributed by atoms with Crippen molar-refractivity contribution in [2.24, 2.45) is 11.7 Å². The van der Waals surface area contributed by atoms with Gasteiger partial charge in [-0.2, -0.15) is 0 Å². The van der Waals surface area contributed by atoms with Crippen LogP contribution in [0.3, 0.4) is 0 Å². The summed E-state index contributed by atoms with van der Waals surface area (Å²) in [4.78, 5) is 13.7. The highest BCUT2D eigenvalue weighted by Gasteiger charge is 2.28. The molecule has 1 amide bonds. The van der Waals surface area contributed by atoms with E-state index in [9.17, 15) is 4.79 Å². The Balaban J connectivity index is 0.00000256. The Kier molecular flexibility index (Phi) is 8.21. The summed E-state index contributed by atoms with van der Waals surface area (Å²) >= 11 is 0. The highest BCUT2D eigenvalue weighted by molar-refractivity contribution is 5.85. The van der Waals surface area contributed by atoms with Gasteiger partial charge in [0.15, 0.2) is 0 Å². The van der Waals surface area contributed by atoms with Crippen LogP contribution in [-0.2, 0) is 9.53 Å². The van der Waals surface area contributed by atoms with Gasteiger partial charge in [0.25, 0.3) is 0 Å². The SMILES string of the molecule is C=CCOCC(=O)N1CCC(C)CC1CN.Cl. The second-order valence-electron chi connectivity index (χ2n) is 4.41. The van der Waals surface area contributed by atoms with Crippen molar-refractivity contribution in [1.29, 1.82) is 0 Å². The highest BCUT2D eigenvalue weighted by atomic mass is 35.5. The first-order chi connectivity index (χ1) is 7.69. The third kappa shape index (κ3) is 5.06. The number of nitrogens with zero attached hydrogens (tertiary/aromatic N) is 1. The minimum atomic E-state index is 0. The fraction of sp³-hybridized carbons (Fsp3) is 0.750. The zero-order valence-corrected chi connectivity index (χ0v) is 11.2. The number of amides is 1. The minimum absolute atomic E-state index is 0. The Labute approximate surface area is 110 Å². The molecule has 0 spiro atoms. The molecule has 1 aliphatic heterocycles. The van der Waals surface area contributed by atoms with Crippen LogP contribution in [0, 0.1) is 5.92 Å². The van der Waals surface area contributed by atoms with E-state index in [1.165, 1.54) is 0 Å². The smallest absolute Gasteiger partial charge is 0.248 e. The van der Waals surface area contributed by atoms with E-state index in [2.05, 4.69) is 13.5 Å². The molecule has 0 radical (unpaired) electrons. The van der Waals surface area contributed by atoms with Crippen LogP contribution >= 0.6 is 12.4 Å². The Hall–Kier alpha value is -0.580. The third-order valence-electron chi connectivity index (χ3n) is 3.03. The number of nitrogens with two attached hydrogens (primary N) is 1. The van der Waals surface area contributed by atoms with Crippen LogP contribution in [0.15, 0.2) is 12.7 Å². The molecule has 1 saturated heterocycles. The molecule has 2 N–H and O–H groups in total. The molecule has 0 aromatic heterocycles. The number of carbonyl (C=O) groups is 1. The van der Waals surface area contributed by atoms with Gasteiger partial charge in [-0.1, -0.05) is 13.0 Å². The Morgan fingerprint density at radius 2 is 2.35 bits per heavy atom. The fourth-order valence-corrected chi connectivity index (χ4v) is 2.12. The predicted molar refractivity (Wildman–Crippen MR) is 71.2 cm³/mol. The molecule has 1 fully saturated rings. The van der Waals surface area contributed by atoms with E-state index >= 15 is 0 Å². The molecule has 1 aliphatic rings. The second-order valence-corrected chi connectivity index (χ2v) is 4.41. The maximum atomic E-state index is 11.9. The van der Waals surface area contributed by atoms with Gasteiger partial charge >= 0.3 is 0 Å². The number of carbonyl (C=O) groups excluding carboxylic acids is 1. The lowest BCUT2D eigenvalue weighted by Crippen LogP contribution is -2.50. The lowest BCUT2D eigenvalue weighted by Gasteiger charge is -2.37. The number of hydrogen-bond donors (Lipinski definition) is 1. The van der Waals surface area contributed by atoms with Crippen LogP contribution in [0.1, 0.15) is 19.8 Å². The van der Waals surface area contributed by atoms with Crippen molar-refractivity contribution in [2.75, 3.05) is 26.3 Å². The summed E-state index contributed by atoms with van der Waals surface area (Å²) < 4.78 is 5.17. The Morgan fingerprint density at radius 3 is 2.94 bits per heavy atom. The maximum absolute atomic E-state index is 11.9. The summed E-state index contributed by atoms with van der Waals surface area (Å²) in [6.07, 6.45) is 3.71. The van der Waals surface area contributed by atoms with Crippen molar-refractivity contribution in [3.63, 3.8) is 0 Å². The molecule has 0 aliphatic carbocycles. The van der Waals surface area contributed by atoms with Gasteiger partial charge < -0.3 is 15.4 Å². The van der Waals surface area contributed by atoms with Crippen LogP contribution in [0.2, 0.25) is 0 Å². The predicted octanol–water partition coefficient (Wildman–Crippen LogP) is 1.20. The van der Waals surface area contributed by atoms with Crippen LogP contribution in [0.4, 0.5) is 0 Å². The lowest BCUT2D eigenvalue weighted by molar-refractivity contribution is -0.139. The normalized spacial score (nSPS) is 24.0. The third-order valence-corrected chi connectivity index (χ3v) is 3.03. The van der Waals surface area contributed by atoms with Crippen molar-refractivity contribution in [3.8, 4) is 0 Å². The summed E-state index contributed by atoms with van der Waals surface area (Å²) in [6, 6.07) is 0.184. The quantitative estimate of drug-likeness (QED) is 0.598. The molecule has 17 heavy (non-hydrogen) atoms. The van der Waals surface area contributed by atoms with Gasteiger partial charge in [-0.05, 0) is 18.8 Å². The summed E-state index contributed by atoms with van der Waals surface area (Å²) in [5.41, 5.74) is 5.70. The molecule has 0 bridgehead atoms. The van der Waals surface area contributed by atoms with E-state index in [-0.39, 0.29) is 31.0 Å². The molecule has 1 heterocycles. The van der Waals surface area contributed by atoms with E-state index in [1.54, 1.807) is 6.08 Å². The second kappa shape index (κ2) is 8.50. The molecular weight excluding hydrogens is 240 g/mol. The number of likely N-dealkylation sites (tertiary alicyclic amines) is 1. The maximum Gasteiger partial charge on any atom is 0.248 e. The fourth-order valence-electron chi connectivity index (χ4n) is 2.12. The summed E-state index contributed by atoms with van der Waals surface area (Å²) in [7, 11) is 0. The first-order valence-corrected chi connectivity index (χ1v) is 5.87. The Morgan fingerprint density at radius 1 is 1.65 bits per heavy atom. The van der Waals surface area contributed by atoms with Crippen LogP contribution in [-0.4, -0.2) is 43.2 Å². The van der Waals surface area contributed by atoms with Crippen LogP contribution < -0.4 is 5.73 Å². The number of halogens is 1. The first-order valence-electron chi connectivity index (χ1n) is 5.87. The minimum Gasteiger partial charge on any atom is -0.368 e. The molecule has 0 aromatic rings. The highest BCUT2D eigenvalue weighted by Crippen LogP contribution is 2.21. The van der Waals surface area contributed by atoms with Crippen molar-refractivity contribution in [2.45, 2.75) is 25.8 Å². The van der Waals surface area contributed by atoms with Crippen LogP contribution in [0.5, 0.6) is 0 Å². The van der Waals surface area contributed by atoms with Gasteiger partial charge in [0.05, 0.1) is 6.61 Å². The largest absolute Gasteiger partial charge is 0.368 e. The summed E-state index contributed by atoms with van der Waals surface area (Å²) in [5.74, 6) is 0.705. The molecule has 4 nitrogen and oxygen atoms in total. The van der Waals surface area contributed by atoms with Crippen molar-refractivity contribution >= 4 is 18.3 Å². The van der Waals surface area contributed by atoms with Crippen molar-refractivity contribution in [3.05, 3.63) is 12.7 Å². The van der Waals surface area contributed by atoms with Gasteiger partial charge in [-0.25, -0.2) is 0 Å². The molecule has 5 heteroatoms. The topological polar surface area (TPSA) is 55.6 Å². The van der Waals surface area contributed by atoms with E-state index in [4.69, 9.17) is 10.5 Å². The molecule has 100 valence electrons. The molecule has 0 aromatic carbocycles. The van der Waals surface area contributed by atoms with E-state index in [1.807, 2.05) is 4.90 Å². The first kappa shape index (κ1) is 16.4. The summed E-state index contributed by atoms with van der Waals surface area (Å²) in [6.45, 7) is 7.65.